The summed E-state index contributed by atoms with van der Waals surface area (Å²) >= 11 is 0. The second-order valence-corrected chi connectivity index (χ2v) is 6.61. The predicted octanol–water partition coefficient (Wildman–Crippen LogP) is 5.36. The number of ether oxygens (including phenoxy) is 2. The van der Waals surface area contributed by atoms with Crippen LogP contribution >= 0.6 is 0 Å². The van der Waals surface area contributed by atoms with Gasteiger partial charge in [-0.3, -0.25) is 0 Å². The fourth-order valence-corrected chi connectivity index (χ4v) is 2.92. The fraction of sp³-hybridized carbons (Fsp3) is 0.333. The van der Waals surface area contributed by atoms with E-state index < -0.39 is 12.2 Å². The smallest absolute Gasteiger partial charge is 0.382 e. The van der Waals surface area contributed by atoms with E-state index in [1.807, 2.05) is 42.5 Å². The Kier molecular flexibility index (Phi) is 6.26. The first-order chi connectivity index (χ1) is 13.4. The highest BCUT2D eigenvalue weighted by molar-refractivity contribution is 5.95. The minimum Gasteiger partial charge on any atom is -0.382 e. The Balaban J connectivity index is 1.97. The van der Waals surface area contributed by atoms with Gasteiger partial charge in [0.1, 0.15) is 6.04 Å². The third-order valence-corrected chi connectivity index (χ3v) is 4.44. The first-order valence-corrected chi connectivity index (χ1v) is 8.99. The van der Waals surface area contributed by atoms with E-state index in [9.17, 15) is 13.2 Å². The molecule has 7 heteroatoms. The highest BCUT2D eigenvalue weighted by Crippen LogP contribution is 2.32. The van der Waals surface area contributed by atoms with E-state index in [4.69, 9.17) is 9.47 Å². The van der Waals surface area contributed by atoms with Crippen molar-refractivity contribution in [1.82, 2.24) is 4.98 Å². The Hall–Kier alpha value is -2.51. The Labute approximate surface area is 161 Å². The molecule has 0 aliphatic rings. The molecule has 2 N–H and O–H groups in total. The lowest BCUT2D eigenvalue weighted by atomic mass is 10.1. The summed E-state index contributed by atoms with van der Waals surface area (Å²) in [6.07, 6.45) is -4.34. The predicted molar refractivity (Wildman–Crippen MR) is 104 cm³/mol. The van der Waals surface area contributed by atoms with E-state index in [0.717, 1.165) is 29.1 Å². The second kappa shape index (κ2) is 8.67. The van der Waals surface area contributed by atoms with Crippen molar-refractivity contribution in [3.05, 3.63) is 54.1 Å². The molecule has 1 unspecified atom stereocenters. The maximum Gasteiger partial charge on any atom is 0.408 e. The van der Waals surface area contributed by atoms with Crippen LogP contribution in [0.5, 0.6) is 0 Å². The summed E-state index contributed by atoms with van der Waals surface area (Å²) in [6, 6.07) is 13.5. The zero-order chi connectivity index (χ0) is 20.1. The number of methoxy groups -OCH3 is 1. The summed E-state index contributed by atoms with van der Waals surface area (Å²) in [5.41, 5.74) is 3.63. The number of hydrogen-bond donors (Lipinski definition) is 2. The van der Waals surface area contributed by atoms with E-state index in [1.54, 1.807) is 13.2 Å². The van der Waals surface area contributed by atoms with E-state index in [0.29, 0.717) is 31.0 Å². The van der Waals surface area contributed by atoms with Crippen molar-refractivity contribution in [3.63, 3.8) is 0 Å². The lowest BCUT2D eigenvalue weighted by Crippen LogP contribution is -2.33. The summed E-state index contributed by atoms with van der Waals surface area (Å²) in [5.74, 6) is 0. The number of benzene rings is 2. The fourth-order valence-electron chi connectivity index (χ4n) is 2.92. The molecular formula is C21H23F3N2O2. The number of nitrogens with one attached hydrogen (secondary N) is 2. The molecule has 0 bridgehead atoms. The number of aromatic nitrogens is 1. The SMILES string of the molecule is COCCOCc1cc(NC(C)C(F)(F)F)c2[nH]c(-c3ccccc3)cc2c1. The van der Waals surface area contributed by atoms with Crippen LogP contribution in [-0.4, -0.2) is 37.5 Å². The third-order valence-electron chi connectivity index (χ3n) is 4.44. The van der Waals surface area contributed by atoms with Crippen LogP contribution in [-0.2, 0) is 16.1 Å². The Morgan fingerprint density at radius 1 is 1.07 bits per heavy atom. The molecule has 28 heavy (non-hydrogen) atoms. The molecule has 0 aliphatic heterocycles. The number of hydrogen-bond acceptors (Lipinski definition) is 3. The standard InChI is InChI=1S/C21H23F3N2O2/c1-14(21(22,23)24)25-19-11-15(13-28-9-8-27-2)10-17-12-18(26-20(17)19)16-6-4-3-5-7-16/h3-7,10-12,14,25-26H,8-9,13H2,1-2H3. The summed E-state index contributed by atoms with van der Waals surface area (Å²) in [5, 5.41) is 3.42. The van der Waals surface area contributed by atoms with E-state index in [-0.39, 0.29) is 0 Å². The molecule has 0 saturated carbocycles. The molecular weight excluding hydrogens is 369 g/mol. The van der Waals surface area contributed by atoms with Crippen molar-refractivity contribution < 1.29 is 22.6 Å². The van der Waals surface area contributed by atoms with Crippen LogP contribution in [0.15, 0.2) is 48.5 Å². The number of halogens is 3. The second-order valence-electron chi connectivity index (χ2n) is 6.61. The van der Waals surface area contributed by atoms with Crippen molar-refractivity contribution in [2.45, 2.75) is 25.7 Å². The highest BCUT2D eigenvalue weighted by atomic mass is 19.4. The van der Waals surface area contributed by atoms with Crippen LogP contribution in [0.2, 0.25) is 0 Å². The van der Waals surface area contributed by atoms with Crippen LogP contribution < -0.4 is 5.32 Å². The van der Waals surface area contributed by atoms with Crippen LogP contribution in [0, 0.1) is 0 Å². The number of anilines is 1. The van der Waals surface area contributed by atoms with Crippen molar-refractivity contribution in [2.75, 3.05) is 25.6 Å². The minimum atomic E-state index is -4.34. The number of rotatable bonds is 8. The van der Waals surface area contributed by atoms with Crippen LogP contribution in [0.1, 0.15) is 12.5 Å². The first-order valence-electron chi connectivity index (χ1n) is 8.99. The van der Waals surface area contributed by atoms with E-state index >= 15 is 0 Å². The Morgan fingerprint density at radius 2 is 1.82 bits per heavy atom. The Bertz CT molecular complexity index is 907. The normalized spacial score (nSPS) is 13.0. The van der Waals surface area contributed by atoms with Gasteiger partial charge < -0.3 is 19.8 Å². The molecule has 2 aromatic carbocycles. The zero-order valence-corrected chi connectivity index (χ0v) is 15.8. The lowest BCUT2D eigenvalue weighted by molar-refractivity contribution is -0.138. The minimum absolute atomic E-state index is 0.292. The molecule has 3 rings (SSSR count). The van der Waals surface area contributed by atoms with Crippen molar-refractivity contribution in [3.8, 4) is 11.3 Å². The number of H-pyrrole nitrogens is 1. The number of aromatic amines is 1. The van der Waals surface area contributed by atoms with Crippen molar-refractivity contribution in [2.24, 2.45) is 0 Å². The Morgan fingerprint density at radius 3 is 2.50 bits per heavy atom. The van der Waals surface area contributed by atoms with Crippen LogP contribution in [0.25, 0.3) is 22.2 Å². The van der Waals surface area contributed by atoms with Gasteiger partial charge in [-0.2, -0.15) is 13.2 Å². The van der Waals surface area contributed by atoms with Gasteiger partial charge in [-0.15, -0.1) is 0 Å². The van der Waals surface area contributed by atoms with Gasteiger partial charge in [0, 0.05) is 18.2 Å². The van der Waals surface area contributed by atoms with Gasteiger partial charge in [0.25, 0.3) is 0 Å². The molecule has 150 valence electrons. The lowest BCUT2D eigenvalue weighted by Gasteiger charge is -2.19. The molecule has 3 aromatic rings. The molecule has 4 nitrogen and oxygen atoms in total. The topological polar surface area (TPSA) is 46.3 Å². The van der Waals surface area contributed by atoms with Crippen molar-refractivity contribution >= 4 is 16.6 Å². The first kappa shape index (κ1) is 20.2. The van der Waals surface area contributed by atoms with Crippen LogP contribution in [0.3, 0.4) is 0 Å². The summed E-state index contributed by atoms with van der Waals surface area (Å²) in [7, 11) is 1.58. The van der Waals surface area contributed by atoms with Gasteiger partial charge in [-0.1, -0.05) is 30.3 Å². The molecule has 1 atom stereocenters. The molecule has 1 heterocycles. The third kappa shape index (κ3) is 4.85. The highest BCUT2D eigenvalue weighted by Gasteiger charge is 2.36. The average Bonchev–Trinajstić information content (AvgIpc) is 3.10. The quantitative estimate of drug-likeness (QED) is 0.507. The summed E-state index contributed by atoms with van der Waals surface area (Å²) in [4.78, 5) is 3.25. The molecule has 0 aliphatic carbocycles. The van der Waals surface area contributed by atoms with Crippen LogP contribution in [0.4, 0.5) is 18.9 Å². The number of alkyl halides is 3. The van der Waals surface area contributed by atoms with Crippen molar-refractivity contribution in [1.29, 1.82) is 0 Å². The molecule has 0 spiro atoms. The van der Waals surface area contributed by atoms with Gasteiger partial charge in [0.2, 0.25) is 0 Å². The molecule has 0 radical (unpaired) electrons. The van der Waals surface area contributed by atoms with Gasteiger partial charge >= 0.3 is 6.18 Å². The molecule has 0 saturated heterocycles. The van der Waals surface area contributed by atoms with Gasteiger partial charge in [0.15, 0.2) is 0 Å². The zero-order valence-electron chi connectivity index (χ0n) is 15.8. The van der Waals surface area contributed by atoms with E-state index in [1.165, 1.54) is 0 Å². The molecule has 0 amide bonds. The maximum atomic E-state index is 13.1. The summed E-state index contributed by atoms with van der Waals surface area (Å²) in [6.45, 7) is 2.27. The van der Waals surface area contributed by atoms with Gasteiger partial charge in [0.05, 0.1) is 31.0 Å². The average molecular weight is 392 g/mol. The van der Waals surface area contributed by atoms with Gasteiger partial charge in [-0.25, -0.2) is 0 Å². The number of fused-ring (bicyclic) bond motifs is 1. The molecule has 0 fully saturated rings. The molecule has 1 aromatic heterocycles. The summed E-state index contributed by atoms with van der Waals surface area (Å²) < 4.78 is 49.7. The van der Waals surface area contributed by atoms with Gasteiger partial charge in [-0.05, 0) is 36.2 Å². The monoisotopic (exact) mass is 392 g/mol. The van der Waals surface area contributed by atoms with E-state index in [2.05, 4.69) is 10.3 Å². The largest absolute Gasteiger partial charge is 0.408 e. The maximum absolute atomic E-state index is 13.1.